The number of aromatic nitrogens is 5. The van der Waals surface area contributed by atoms with E-state index in [1.165, 1.54) is 20.3 Å². The van der Waals surface area contributed by atoms with Gasteiger partial charge in [-0.2, -0.15) is 9.97 Å². The summed E-state index contributed by atoms with van der Waals surface area (Å²) in [6.45, 7) is 0.960. The highest BCUT2D eigenvalue weighted by Crippen LogP contribution is 2.32. The van der Waals surface area contributed by atoms with Crippen molar-refractivity contribution in [2.45, 2.75) is 18.9 Å². The van der Waals surface area contributed by atoms with Gasteiger partial charge in [0.1, 0.15) is 22.9 Å². The number of anilines is 2. The first-order valence-corrected chi connectivity index (χ1v) is 10.8. The van der Waals surface area contributed by atoms with Gasteiger partial charge in [-0.15, -0.1) is 0 Å². The average Bonchev–Trinajstić information content (AvgIpc) is 3.52. The number of benzene rings is 1. The largest absolute Gasteiger partial charge is 0.481 e. The highest BCUT2D eigenvalue weighted by atomic mass is 16.5. The summed E-state index contributed by atoms with van der Waals surface area (Å²) in [5, 5.41) is 6.15. The molecule has 0 radical (unpaired) electrons. The van der Waals surface area contributed by atoms with Gasteiger partial charge in [-0.05, 0) is 31.5 Å². The van der Waals surface area contributed by atoms with Crippen molar-refractivity contribution in [1.82, 2.24) is 29.7 Å². The van der Waals surface area contributed by atoms with E-state index in [1.807, 2.05) is 22.7 Å². The summed E-state index contributed by atoms with van der Waals surface area (Å²) in [7, 11) is 2.95. The summed E-state index contributed by atoms with van der Waals surface area (Å²) in [6, 6.07) is 8.79. The molecule has 11 heteroatoms. The molecule has 1 aromatic carbocycles. The van der Waals surface area contributed by atoms with E-state index >= 15 is 0 Å². The maximum absolute atomic E-state index is 12.8. The minimum atomic E-state index is -0.367. The average molecular weight is 460 g/mol. The van der Waals surface area contributed by atoms with Crippen LogP contribution in [0.4, 0.5) is 11.8 Å². The molecule has 11 nitrogen and oxygen atoms in total. The first-order chi connectivity index (χ1) is 16.6. The molecule has 4 heterocycles. The van der Waals surface area contributed by atoms with Crippen LogP contribution in [0, 0.1) is 0 Å². The van der Waals surface area contributed by atoms with Crippen molar-refractivity contribution >= 4 is 23.2 Å². The topological polar surface area (TPSA) is 142 Å². The number of fused-ring (bicyclic) bond motifs is 1. The number of hydrogen-bond donors (Lipinski definition) is 3. The Hall–Kier alpha value is -4.25. The van der Waals surface area contributed by atoms with Crippen molar-refractivity contribution in [2.75, 3.05) is 31.8 Å². The molecule has 3 aromatic heterocycles. The molecule has 34 heavy (non-hydrogen) atoms. The molecule has 1 saturated heterocycles. The fraction of sp³-hybridized carbons (Fsp3) is 0.261. The molecule has 0 spiro atoms. The number of amides is 1. The molecule has 0 aliphatic carbocycles. The molecular weight excluding hydrogens is 436 g/mol. The summed E-state index contributed by atoms with van der Waals surface area (Å²) in [6.07, 6.45) is 5.66. The maximum Gasteiger partial charge on any atom is 0.258 e. The van der Waals surface area contributed by atoms with Gasteiger partial charge in [0, 0.05) is 23.5 Å². The van der Waals surface area contributed by atoms with E-state index in [0.717, 1.165) is 42.0 Å². The Kier molecular flexibility index (Phi) is 5.68. The number of nitrogens with one attached hydrogen (secondary N) is 2. The number of carbonyl (C=O) groups excluding carboxylic acids is 1. The molecule has 1 amide bonds. The zero-order valence-corrected chi connectivity index (χ0v) is 18.8. The Morgan fingerprint density at radius 2 is 1.88 bits per heavy atom. The Bertz CT molecular complexity index is 1320. The molecule has 4 N–H and O–H groups in total. The van der Waals surface area contributed by atoms with E-state index in [1.54, 1.807) is 18.3 Å². The van der Waals surface area contributed by atoms with Crippen LogP contribution in [0.5, 0.6) is 11.8 Å². The summed E-state index contributed by atoms with van der Waals surface area (Å²) in [5.41, 5.74) is 8.96. The number of imidazole rings is 1. The number of nitrogens with zero attached hydrogens (tertiary/aromatic N) is 5. The highest BCUT2D eigenvalue weighted by Gasteiger charge is 2.24. The van der Waals surface area contributed by atoms with Gasteiger partial charge >= 0.3 is 0 Å². The van der Waals surface area contributed by atoms with Crippen LogP contribution >= 0.6 is 0 Å². The number of ether oxygens (including phenoxy) is 2. The Morgan fingerprint density at radius 1 is 1.15 bits per heavy atom. The lowest BCUT2D eigenvalue weighted by molar-refractivity contribution is 0.102. The fourth-order valence-corrected chi connectivity index (χ4v) is 4.06. The molecule has 1 fully saturated rings. The minimum Gasteiger partial charge on any atom is -0.481 e. The number of methoxy groups -OCH3 is 2. The SMILES string of the molecule is COc1cc(OC)nc(NC(=O)c2ccc(-c3nc([C@@H]4CCCN4)n4ccnc(N)c34)cc2)n1. The third-order valence-corrected chi connectivity index (χ3v) is 5.73. The zero-order chi connectivity index (χ0) is 23.7. The molecule has 1 atom stereocenters. The molecule has 0 saturated carbocycles. The number of carbonyl (C=O) groups is 1. The summed E-state index contributed by atoms with van der Waals surface area (Å²) >= 11 is 0. The molecular formula is C23H24N8O3. The van der Waals surface area contributed by atoms with E-state index in [4.69, 9.17) is 20.2 Å². The van der Waals surface area contributed by atoms with Gasteiger partial charge in [-0.1, -0.05) is 12.1 Å². The van der Waals surface area contributed by atoms with E-state index < -0.39 is 0 Å². The number of hydrogen-bond acceptors (Lipinski definition) is 9. The third-order valence-electron chi connectivity index (χ3n) is 5.73. The predicted molar refractivity (Wildman–Crippen MR) is 126 cm³/mol. The zero-order valence-electron chi connectivity index (χ0n) is 18.8. The minimum absolute atomic E-state index is 0.0814. The molecule has 1 aliphatic heterocycles. The highest BCUT2D eigenvalue weighted by molar-refractivity contribution is 6.03. The normalized spacial score (nSPS) is 15.4. The third kappa shape index (κ3) is 3.97. The molecule has 1 aliphatic rings. The van der Waals surface area contributed by atoms with E-state index in [9.17, 15) is 4.79 Å². The summed E-state index contributed by atoms with van der Waals surface area (Å²) < 4.78 is 12.2. The molecule has 174 valence electrons. The van der Waals surface area contributed by atoms with Crippen LogP contribution in [0.2, 0.25) is 0 Å². The van der Waals surface area contributed by atoms with Crippen molar-refractivity contribution < 1.29 is 14.3 Å². The first kappa shape index (κ1) is 21.6. The standard InChI is InChI=1S/C23H24N8O3/c1-33-16-12-17(34-2)28-23(27-16)30-22(32)14-7-5-13(6-8-14)18-19-20(24)26-10-11-31(19)21(29-18)15-4-3-9-25-15/h5-8,10-12,15,25H,3-4,9H2,1-2H3,(H2,24,26)(H,27,28,30,32)/t15-/m0/s1. The van der Waals surface area contributed by atoms with Gasteiger partial charge in [0.15, 0.2) is 0 Å². The second kappa shape index (κ2) is 8.94. The van der Waals surface area contributed by atoms with Crippen LogP contribution < -0.4 is 25.8 Å². The van der Waals surface area contributed by atoms with E-state index in [0.29, 0.717) is 11.4 Å². The Labute approximate surface area is 195 Å². The van der Waals surface area contributed by atoms with Gasteiger partial charge in [0.25, 0.3) is 5.91 Å². The summed E-state index contributed by atoms with van der Waals surface area (Å²) in [4.78, 5) is 30.2. The lowest BCUT2D eigenvalue weighted by Crippen LogP contribution is -2.16. The number of nitrogen functional groups attached to an aromatic ring is 1. The van der Waals surface area contributed by atoms with Crippen molar-refractivity contribution in [3.8, 4) is 23.0 Å². The second-order valence-corrected chi connectivity index (χ2v) is 7.81. The van der Waals surface area contributed by atoms with Crippen LogP contribution in [0.3, 0.4) is 0 Å². The molecule has 4 aromatic rings. The molecule has 0 unspecified atom stereocenters. The van der Waals surface area contributed by atoms with E-state index in [-0.39, 0.29) is 29.7 Å². The monoisotopic (exact) mass is 460 g/mol. The van der Waals surface area contributed by atoms with Crippen LogP contribution in [0.15, 0.2) is 42.7 Å². The van der Waals surface area contributed by atoms with Gasteiger partial charge in [-0.25, -0.2) is 9.97 Å². The van der Waals surface area contributed by atoms with Gasteiger partial charge in [0.05, 0.1) is 26.3 Å². The fourth-order valence-electron chi connectivity index (χ4n) is 4.06. The lowest BCUT2D eigenvalue weighted by Gasteiger charge is -2.08. The van der Waals surface area contributed by atoms with Crippen molar-refractivity contribution in [3.63, 3.8) is 0 Å². The molecule has 0 bridgehead atoms. The first-order valence-electron chi connectivity index (χ1n) is 10.8. The number of rotatable bonds is 6. The van der Waals surface area contributed by atoms with Gasteiger partial charge < -0.3 is 20.5 Å². The van der Waals surface area contributed by atoms with E-state index in [2.05, 4.69) is 25.6 Å². The Morgan fingerprint density at radius 3 is 2.53 bits per heavy atom. The van der Waals surface area contributed by atoms with Crippen LogP contribution in [-0.4, -0.2) is 51.0 Å². The number of nitrogens with two attached hydrogens (primary N) is 1. The van der Waals surface area contributed by atoms with Crippen LogP contribution in [-0.2, 0) is 0 Å². The predicted octanol–water partition coefficient (Wildman–Crippen LogP) is 2.46. The summed E-state index contributed by atoms with van der Waals surface area (Å²) in [5.74, 6) is 1.58. The van der Waals surface area contributed by atoms with Gasteiger partial charge in [0.2, 0.25) is 17.7 Å². The lowest BCUT2D eigenvalue weighted by atomic mass is 10.1. The molecule has 5 rings (SSSR count). The Balaban J connectivity index is 1.44. The smallest absolute Gasteiger partial charge is 0.258 e. The van der Waals surface area contributed by atoms with Crippen molar-refractivity contribution in [3.05, 3.63) is 54.1 Å². The maximum atomic E-state index is 12.8. The van der Waals surface area contributed by atoms with Crippen LogP contribution in [0.1, 0.15) is 35.1 Å². The van der Waals surface area contributed by atoms with Crippen molar-refractivity contribution in [2.24, 2.45) is 0 Å². The van der Waals surface area contributed by atoms with Crippen LogP contribution in [0.25, 0.3) is 16.8 Å². The quantitative estimate of drug-likeness (QED) is 0.395. The van der Waals surface area contributed by atoms with Gasteiger partial charge in [-0.3, -0.25) is 14.5 Å². The van der Waals surface area contributed by atoms with Crippen molar-refractivity contribution in [1.29, 1.82) is 0 Å². The second-order valence-electron chi connectivity index (χ2n) is 7.81.